The minimum atomic E-state index is -4.72. The van der Waals surface area contributed by atoms with E-state index in [1.807, 2.05) is 18.2 Å². The molecule has 1 fully saturated rings. The van der Waals surface area contributed by atoms with E-state index in [0.717, 1.165) is 56.1 Å². The Kier molecular flexibility index (Phi) is 9.22. The van der Waals surface area contributed by atoms with Crippen molar-refractivity contribution in [2.24, 2.45) is 5.92 Å². The highest BCUT2D eigenvalue weighted by Crippen LogP contribution is 2.39. The van der Waals surface area contributed by atoms with Crippen LogP contribution in [0.25, 0.3) is 0 Å². The van der Waals surface area contributed by atoms with Gasteiger partial charge >= 0.3 is 6.18 Å². The quantitative estimate of drug-likeness (QED) is 0.276. The van der Waals surface area contributed by atoms with Crippen LogP contribution in [-0.2, 0) is 22.6 Å². The molecule has 2 heterocycles. The van der Waals surface area contributed by atoms with Gasteiger partial charge in [-0.15, -0.1) is 6.58 Å². The molecule has 1 aliphatic carbocycles. The van der Waals surface area contributed by atoms with Crippen LogP contribution in [0.15, 0.2) is 79.6 Å². The number of piperidine rings is 1. The number of pyridine rings is 1. The Hall–Kier alpha value is -3.70. The summed E-state index contributed by atoms with van der Waals surface area (Å²) >= 11 is 0. The van der Waals surface area contributed by atoms with E-state index in [-0.39, 0.29) is 11.5 Å². The number of fused-ring (bicyclic) bond motifs is 1. The van der Waals surface area contributed by atoms with Gasteiger partial charge in [-0.1, -0.05) is 30.3 Å². The Bertz CT molecular complexity index is 1560. The van der Waals surface area contributed by atoms with Crippen LogP contribution >= 0.6 is 0 Å². The molecule has 43 heavy (non-hydrogen) atoms. The fraction of sp³-hybridized carbons (Fsp3) is 0.375. The molecule has 0 saturated carbocycles. The largest absolute Gasteiger partial charge is 0.416 e. The van der Waals surface area contributed by atoms with Gasteiger partial charge in [0.05, 0.1) is 5.56 Å². The number of nitrogens with one attached hydrogen (secondary N) is 2. The van der Waals surface area contributed by atoms with E-state index in [4.69, 9.17) is 0 Å². The van der Waals surface area contributed by atoms with E-state index < -0.39 is 33.1 Å². The summed E-state index contributed by atoms with van der Waals surface area (Å²) in [7, 11) is -4.29. The molecular weight excluding hydrogens is 577 g/mol. The maximum Gasteiger partial charge on any atom is 0.416 e. The third-order valence-corrected chi connectivity index (χ3v) is 10.1. The molecule has 5 rings (SSSR count). The first-order valence-corrected chi connectivity index (χ1v) is 16.0. The van der Waals surface area contributed by atoms with E-state index >= 15 is 0 Å². The van der Waals surface area contributed by atoms with Gasteiger partial charge in [0.1, 0.15) is 5.25 Å². The molecule has 1 saturated heterocycles. The molecular formula is C32H35F3N4O3S. The van der Waals surface area contributed by atoms with Crippen molar-refractivity contribution in [2.75, 3.05) is 24.5 Å². The zero-order valence-electron chi connectivity index (χ0n) is 23.7. The van der Waals surface area contributed by atoms with Crippen molar-refractivity contribution in [1.82, 2.24) is 15.0 Å². The summed E-state index contributed by atoms with van der Waals surface area (Å²) in [6.45, 7) is 5.97. The third-order valence-electron chi connectivity index (χ3n) is 8.39. The van der Waals surface area contributed by atoms with E-state index in [1.54, 1.807) is 24.5 Å². The van der Waals surface area contributed by atoms with Gasteiger partial charge in [-0.2, -0.15) is 13.2 Å². The lowest BCUT2D eigenvalue weighted by Gasteiger charge is -2.33. The monoisotopic (exact) mass is 612 g/mol. The van der Waals surface area contributed by atoms with Gasteiger partial charge in [-0.3, -0.25) is 9.78 Å². The minimum Gasteiger partial charge on any atom is -0.371 e. The summed E-state index contributed by atoms with van der Waals surface area (Å²) in [5, 5.41) is 1.39. The fourth-order valence-electron chi connectivity index (χ4n) is 6.09. The highest BCUT2D eigenvalue weighted by Gasteiger charge is 2.39. The molecule has 11 heteroatoms. The first-order valence-electron chi connectivity index (χ1n) is 14.4. The van der Waals surface area contributed by atoms with Gasteiger partial charge < -0.3 is 10.2 Å². The number of aromatic nitrogens is 1. The molecule has 1 amide bonds. The predicted octanol–water partition coefficient (Wildman–Crippen LogP) is 5.97. The molecule has 2 unspecified atom stereocenters. The number of amides is 1. The first kappa shape index (κ1) is 30.7. The van der Waals surface area contributed by atoms with E-state index in [2.05, 4.69) is 26.5 Å². The van der Waals surface area contributed by atoms with Crippen LogP contribution in [0.2, 0.25) is 0 Å². The zero-order chi connectivity index (χ0) is 30.6. The molecule has 2 aliphatic rings. The summed E-state index contributed by atoms with van der Waals surface area (Å²) in [5.74, 6) is 0.270. The van der Waals surface area contributed by atoms with Gasteiger partial charge in [0.2, 0.25) is 10.0 Å². The van der Waals surface area contributed by atoms with Crippen LogP contribution in [0.1, 0.15) is 69.6 Å². The van der Waals surface area contributed by atoms with Crippen molar-refractivity contribution >= 4 is 21.6 Å². The smallest absolute Gasteiger partial charge is 0.371 e. The molecule has 2 aromatic carbocycles. The fourth-order valence-corrected chi connectivity index (χ4v) is 7.67. The number of hydrogen-bond donors (Lipinski definition) is 2. The number of anilines is 1. The number of alkyl halides is 3. The molecule has 7 nitrogen and oxygen atoms in total. The molecule has 0 bridgehead atoms. The summed E-state index contributed by atoms with van der Waals surface area (Å²) in [5.41, 5.74) is 1.75. The SMILES string of the molecule is C=CC(c1ccccc1C(F)(F)F)S(=O)(=O)NC1CCc2ccc(C(=O)NCCC3CCN(c4ccncc4)CC3)cc21. The van der Waals surface area contributed by atoms with Crippen LogP contribution in [0.4, 0.5) is 18.9 Å². The second-order valence-electron chi connectivity index (χ2n) is 11.1. The number of carbonyl (C=O) groups excluding carboxylic acids is 1. The Labute approximate surface area is 250 Å². The Morgan fingerprint density at radius 1 is 1.07 bits per heavy atom. The van der Waals surface area contributed by atoms with Crippen LogP contribution in [-0.4, -0.2) is 38.9 Å². The lowest BCUT2D eigenvalue weighted by Crippen LogP contribution is -2.35. The van der Waals surface area contributed by atoms with Crippen LogP contribution in [0.3, 0.4) is 0 Å². The third kappa shape index (κ3) is 7.10. The van der Waals surface area contributed by atoms with Gasteiger partial charge in [0.25, 0.3) is 5.91 Å². The molecule has 1 aromatic heterocycles. The Morgan fingerprint density at radius 2 is 1.79 bits per heavy atom. The maximum absolute atomic E-state index is 13.6. The van der Waals surface area contributed by atoms with E-state index in [9.17, 15) is 26.4 Å². The van der Waals surface area contributed by atoms with Crippen LogP contribution in [0, 0.1) is 5.92 Å². The topological polar surface area (TPSA) is 91.4 Å². The summed E-state index contributed by atoms with van der Waals surface area (Å²) in [6.07, 6.45) is 3.85. The highest BCUT2D eigenvalue weighted by atomic mass is 32.2. The average molecular weight is 613 g/mol. The van der Waals surface area contributed by atoms with E-state index in [0.29, 0.717) is 36.4 Å². The Morgan fingerprint density at radius 3 is 2.49 bits per heavy atom. The number of nitrogens with zero attached hydrogens (tertiary/aromatic N) is 2. The van der Waals surface area contributed by atoms with Crippen molar-refractivity contribution in [3.8, 4) is 0 Å². The molecule has 0 radical (unpaired) electrons. The van der Waals surface area contributed by atoms with Crippen molar-refractivity contribution in [2.45, 2.75) is 49.6 Å². The average Bonchev–Trinajstić information content (AvgIpc) is 3.39. The number of rotatable bonds is 10. The van der Waals surface area contributed by atoms with Crippen molar-refractivity contribution in [3.63, 3.8) is 0 Å². The lowest BCUT2D eigenvalue weighted by atomic mass is 9.93. The van der Waals surface area contributed by atoms with E-state index in [1.165, 1.54) is 17.8 Å². The number of sulfonamides is 1. The summed E-state index contributed by atoms with van der Waals surface area (Å²) in [6, 6.07) is 13.2. The number of benzene rings is 2. The first-order chi connectivity index (χ1) is 20.6. The second-order valence-corrected chi connectivity index (χ2v) is 12.9. The molecule has 228 valence electrons. The van der Waals surface area contributed by atoms with Crippen molar-refractivity contribution in [1.29, 1.82) is 0 Å². The van der Waals surface area contributed by atoms with Gasteiger partial charge in [0, 0.05) is 49.3 Å². The zero-order valence-corrected chi connectivity index (χ0v) is 24.5. The summed E-state index contributed by atoms with van der Waals surface area (Å²) < 4.78 is 70.3. The summed E-state index contributed by atoms with van der Waals surface area (Å²) in [4.78, 5) is 19.4. The number of halogens is 3. The van der Waals surface area contributed by atoms with Crippen LogP contribution in [0.5, 0.6) is 0 Å². The van der Waals surface area contributed by atoms with Gasteiger partial charge in [-0.25, -0.2) is 13.1 Å². The molecule has 3 aromatic rings. The van der Waals surface area contributed by atoms with Gasteiger partial charge in [-0.05, 0) is 85.0 Å². The maximum atomic E-state index is 13.6. The van der Waals surface area contributed by atoms with Crippen LogP contribution < -0.4 is 14.9 Å². The molecule has 0 spiro atoms. The lowest BCUT2D eigenvalue weighted by molar-refractivity contribution is -0.138. The predicted molar refractivity (Wildman–Crippen MR) is 160 cm³/mol. The number of hydrogen-bond acceptors (Lipinski definition) is 5. The number of aryl methyl sites for hydroxylation is 1. The normalized spacial score (nSPS) is 18.2. The highest BCUT2D eigenvalue weighted by molar-refractivity contribution is 7.89. The standard InChI is InChI=1S/C32H35F3N4O3S/c1-2-30(26-5-3-4-6-28(26)32(33,34)35)43(41,42)38-29-10-9-23-7-8-24(21-27(23)29)31(40)37-18-11-22-14-19-39(20-15-22)25-12-16-36-17-13-25/h2-8,12-13,16-17,21-22,29-30,38H,1,9-11,14-15,18-20H2,(H,37,40). The van der Waals surface area contributed by atoms with Gasteiger partial charge in [0.15, 0.2) is 0 Å². The number of carbonyl (C=O) groups is 1. The molecule has 2 atom stereocenters. The second kappa shape index (κ2) is 12.9. The molecule has 1 aliphatic heterocycles. The van der Waals surface area contributed by atoms with Crippen molar-refractivity contribution < 1.29 is 26.4 Å². The molecule has 2 N–H and O–H groups in total. The van der Waals surface area contributed by atoms with Crippen molar-refractivity contribution in [3.05, 3.63) is 107 Å². The Balaban J connectivity index is 1.20. The minimum absolute atomic E-state index is 0.242.